The maximum Gasteiger partial charge on any atom is 0.296 e. The van der Waals surface area contributed by atoms with Gasteiger partial charge in [0.15, 0.2) is 0 Å². The van der Waals surface area contributed by atoms with Crippen LogP contribution >= 0.6 is 0 Å². The predicted octanol–water partition coefficient (Wildman–Crippen LogP) is 1.55. The first-order chi connectivity index (χ1) is 9.51. The molecule has 1 aromatic carbocycles. The van der Waals surface area contributed by atoms with Crippen LogP contribution in [0.15, 0.2) is 18.2 Å². The molecule has 2 rings (SSSR count). The van der Waals surface area contributed by atoms with E-state index in [1.807, 2.05) is 26.0 Å². The van der Waals surface area contributed by atoms with E-state index in [2.05, 4.69) is 23.2 Å². The Morgan fingerprint density at radius 1 is 1.30 bits per heavy atom. The van der Waals surface area contributed by atoms with Crippen LogP contribution < -0.4 is 10.2 Å². The first-order valence-corrected chi connectivity index (χ1v) is 6.64. The van der Waals surface area contributed by atoms with Gasteiger partial charge in [-0.15, -0.1) is 0 Å². The van der Waals surface area contributed by atoms with E-state index in [9.17, 15) is 9.59 Å². The van der Waals surface area contributed by atoms with Crippen LogP contribution in [0.1, 0.15) is 24.5 Å². The molecule has 1 aliphatic rings. The summed E-state index contributed by atoms with van der Waals surface area (Å²) in [5, 5.41) is 2.65. The SMILES string of the molecule is CC#CC(=O)NC1CCN(c2cc(C)cc(C)c2)C1=O. The molecule has 2 amide bonds. The zero-order chi connectivity index (χ0) is 14.7. The molecule has 0 radical (unpaired) electrons. The molecule has 0 aromatic heterocycles. The van der Waals surface area contributed by atoms with Crippen molar-refractivity contribution in [3.05, 3.63) is 29.3 Å². The average Bonchev–Trinajstić information content (AvgIpc) is 2.70. The summed E-state index contributed by atoms with van der Waals surface area (Å²) < 4.78 is 0. The van der Waals surface area contributed by atoms with Gasteiger partial charge in [-0.1, -0.05) is 12.0 Å². The summed E-state index contributed by atoms with van der Waals surface area (Å²) >= 11 is 0. The molecule has 0 spiro atoms. The lowest BCUT2D eigenvalue weighted by Crippen LogP contribution is -2.41. The number of amides is 2. The molecule has 0 bridgehead atoms. The van der Waals surface area contributed by atoms with Gasteiger partial charge in [0.1, 0.15) is 6.04 Å². The Bertz CT molecular complexity index is 590. The number of rotatable bonds is 2. The molecule has 1 aromatic rings. The van der Waals surface area contributed by atoms with Crippen LogP contribution in [-0.4, -0.2) is 24.4 Å². The van der Waals surface area contributed by atoms with Crippen molar-refractivity contribution < 1.29 is 9.59 Å². The highest BCUT2D eigenvalue weighted by molar-refractivity contribution is 6.03. The highest BCUT2D eigenvalue weighted by atomic mass is 16.2. The van der Waals surface area contributed by atoms with E-state index in [0.29, 0.717) is 13.0 Å². The standard InChI is InChI=1S/C16H18N2O2/c1-4-5-15(19)17-14-6-7-18(16(14)20)13-9-11(2)8-12(3)10-13/h8-10,14H,6-7H2,1-3H3,(H,17,19). The minimum absolute atomic E-state index is 0.0683. The van der Waals surface area contributed by atoms with E-state index in [1.54, 1.807) is 11.8 Å². The fraction of sp³-hybridized carbons (Fsp3) is 0.375. The summed E-state index contributed by atoms with van der Waals surface area (Å²) in [5.74, 6) is 4.46. The van der Waals surface area contributed by atoms with Crippen molar-refractivity contribution in [2.24, 2.45) is 0 Å². The van der Waals surface area contributed by atoms with E-state index in [0.717, 1.165) is 16.8 Å². The monoisotopic (exact) mass is 270 g/mol. The van der Waals surface area contributed by atoms with Crippen molar-refractivity contribution in [1.82, 2.24) is 5.32 Å². The van der Waals surface area contributed by atoms with Crippen LogP contribution in [0, 0.1) is 25.7 Å². The summed E-state index contributed by atoms with van der Waals surface area (Å²) in [4.78, 5) is 25.5. The van der Waals surface area contributed by atoms with Gasteiger partial charge < -0.3 is 10.2 Å². The van der Waals surface area contributed by atoms with Crippen LogP contribution in [0.25, 0.3) is 0 Å². The first-order valence-electron chi connectivity index (χ1n) is 6.64. The minimum atomic E-state index is -0.468. The lowest BCUT2D eigenvalue weighted by Gasteiger charge is -2.18. The molecule has 0 aliphatic carbocycles. The quantitative estimate of drug-likeness (QED) is 0.829. The Morgan fingerprint density at radius 3 is 2.55 bits per heavy atom. The molecule has 1 N–H and O–H groups in total. The molecular formula is C16H18N2O2. The van der Waals surface area contributed by atoms with E-state index < -0.39 is 11.9 Å². The van der Waals surface area contributed by atoms with Gasteiger partial charge in [0.05, 0.1) is 0 Å². The highest BCUT2D eigenvalue weighted by Gasteiger charge is 2.33. The smallest absolute Gasteiger partial charge is 0.296 e. The Morgan fingerprint density at radius 2 is 1.95 bits per heavy atom. The highest BCUT2D eigenvalue weighted by Crippen LogP contribution is 2.24. The number of carbonyl (C=O) groups excluding carboxylic acids is 2. The van der Waals surface area contributed by atoms with Gasteiger partial charge in [-0.2, -0.15) is 0 Å². The van der Waals surface area contributed by atoms with E-state index >= 15 is 0 Å². The Kier molecular flexibility index (Phi) is 4.09. The third-order valence-electron chi connectivity index (χ3n) is 3.27. The molecule has 1 atom stereocenters. The molecular weight excluding hydrogens is 252 g/mol. The van der Waals surface area contributed by atoms with Crippen LogP contribution in [0.3, 0.4) is 0 Å². The second-order valence-electron chi connectivity index (χ2n) is 5.03. The van der Waals surface area contributed by atoms with Crippen molar-refractivity contribution >= 4 is 17.5 Å². The molecule has 1 unspecified atom stereocenters. The zero-order valence-electron chi connectivity index (χ0n) is 12.0. The summed E-state index contributed by atoms with van der Waals surface area (Å²) in [5.41, 5.74) is 3.14. The van der Waals surface area contributed by atoms with Crippen LogP contribution in [-0.2, 0) is 9.59 Å². The first kappa shape index (κ1) is 14.1. The number of hydrogen-bond acceptors (Lipinski definition) is 2. The number of anilines is 1. The van der Waals surface area contributed by atoms with Crippen molar-refractivity contribution in [1.29, 1.82) is 0 Å². The molecule has 0 saturated carbocycles. The van der Waals surface area contributed by atoms with Gasteiger partial charge in [0.25, 0.3) is 5.91 Å². The molecule has 4 nitrogen and oxygen atoms in total. The zero-order valence-corrected chi connectivity index (χ0v) is 12.0. The van der Waals surface area contributed by atoms with E-state index in [-0.39, 0.29) is 5.91 Å². The second-order valence-corrected chi connectivity index (χ2v) is 5.03. The fourth-order valence-corrected chi connectivity index (χ4v) is 2.48. The van der Waals surface area contributed by atoms with Gasteiger partial charge in [-0.05, 0) is 56.4 Å². The van der Waals surface area contributed by atoms with Crippen molar-refractivity contribution in [3.63, 3.8) is 0 Å². The summed E-state index contributed by atoms with van der Waals surface area (Å²) in [6.07, 6.45) is 0.614. The maximum absolute atomic E-state index is 12.3. The van der Waals surface area contributed by atoms with Crippen LogP contribution in [0.2, 0.25) is 0 Å². The molecule has 20 heavy (non-hydrogen) atoms. The molecule has 1 aliphatic heterocycles. The normalized spacial score (nSPS) is 17.6. The number of nitrogens with zero attached hydrogens (tertiary/aromatic N) is 1. The summed E-state index contributed by atoms with van der Waals surface area (Å²) in [7, 11) is 0. The lowest BCUT2D eigenvalue weighted by atomic mass is 10.1. The van der Waals surface area contributed by atoms with Gasteiger partial charge in [0.2, 0.25) is 5.91 Å². The fourth-order valence-electron chi connectivity index (χ4n) is 2.48. The van der Waals surface area contributed by atoms with Crippen molar-refractivity contribution in [2.45, 2.75) is 33.2 Å². The largest absolute Gasteiger partial charge is 0.333 e. The third kappa shape index (κ3) is 3.00. The third-order valence-corrected chi connectivity index (χ3v) is 3.27. The van der Waals surface area contributed by atoms with Gasteiger partial charge in [0, 0.05) is 12.2 Å². The summed E-state index contributed by atoms with van der Waals surface area (Å²) in [6.45, 7) is 6.23. The van der Waals surface area contributed by atoms with Gasteiger partial charge in [-0.3, -0.25) is 9.59 Å². The number of nitrogens with one attached hydrogen (secondary N) is 1. The summed E-state index contributed by atoms with van der Waals surface area (Å²) in [6, 6.07) is 5.58. The number of benzene rings is 1. The second kappa shape index (κ2) is 5.79. The topological polar surface area (TPSA) is 49.4 Å². The van der Waals surface area contributed by atoms with Crippen molar-refractivity contribution in [3.8, 4) is 11.8 Å². The van der Waals surface area contributed by atoms with Crippen molar-refractivity contribution in [2.75, 3.05) is 11.4 Å². The minimum Gasteiger partial charge on any atom is -0.333 e. The van der Waals surface area contributed by atoms with E-state index in [4.69, 9.17) is 0 Å². The van der Waals surface area contributed by atoms with Gasteiger partial charge >= 0.3 is 0 Å². The van der Waals surface area contributed by atoms with Gasteiger partial charge in [-0.25, -0.2) is 0 Å². The predicted molar refractivity (Wildman–Crippen MR) is 78.3 cm³/mol. The Balaban J connectivity index is 2.14. The Labute approximate surface area is 119 Å². The number of carbonyl (C=O) groups is 2. The maximum atomic E-state index is 12.3. The number of aryl methyl sites for hydroxylation is 2. The number of hydrogen-bond donors (Lipinski definition) is 1. The lowest BCUT2D eigenvalue weighted by molar-refractivity contribution is -0.123. The molecule has 1 saturated heterocycles. The molecule has 4 heteroatoms. The van der Waals surface area contributed by atoms with E-state index in [1.165, 1.54) is 0 Å². The molecule has 1 heterocycles. The molecule has 1 fully saturated rings. The van der Waals surface area contributed by atoms with Crippen LogP contribution in [0.5, 0.6) is 0 Å². The van der Waals surface area contributed by atoms with Crippen LogP contribution in [0.4, 0.5) is 5.69 Å². The molecule has 104 valence electrons. The average molecular weight is 270 g/mol. The Hall–Kier alpha value is -2.28.